The zero-order valence-electron chi connectivity index (χ0n) is 21.1. The highest BCUT2D eigenvalue weighted by atomic mass is 32.2. The summed E-state index contributed by atoms with van der Waals surface area (Å²) in [7, 11) is -2.19. The summed E-state index contributed by atoms with van der Waals surface area (Å²) in [4.78, 5) is 21.4. The fraction of sp³-hybridized carbons (Fsp3) is 0.214. The van der Waals surface area contributed by atoms with Crippen LogP contribution in [0.15, 0.2) is 77.7 Å². The van der Waals surface area contributed by atoms with Gasteiger partial charge in [0.05, 0.1) is 28.8 Å². The molecule has 38 heavy (non-hydrogen) atoms. The summed E-state index contributed by atoms with van der Waals surface area (Å²) in [5, 5.41) is 10.3. The minimum absolute atomic E-state index is 0.0640. The van der Waals surface area contributed by atoms with Crippen LogP contribution in [0.25, 0.3) is 10.9 Å². The minimum Gasteiger partial charge on any atom is -0.495 e. The molecule has 1 aromatic heterocycles. The lowest BCUT2D eigenvalue weighted by atomic mass is 10.1. The van der Waals surface area contributed by atoms with Gasteiger partial charge in [0.25, 0.3) is 10.0 Å². The Morgan fingerprint density at radius 3 is 2.34 bits per heavy atom. The molecule has 9 nitrogen and oxygen atoms in total. The lowest BCUT2D eigenvalue weighted by Gasteiger charge is -2.37. The number of rotatable bonds is 7. The van der Waals surface area contributed by atoms with E-state index in [1.807, 2.05) is 24.3 Å². The van der Waals surface area contributed by atoms with Gasteiger partial charge >= 0.3 is 5.97 Å². The highest BCUT2D eigenvalue weighted by Gasteiger charge is 2.23. The van der Waals surface area contributed by atoms with Crippen molar-refractivity contribution in [3.8, 4) is 5.75 Å². The minimum atomic E-state index is -3.84. The van der Waals surface area contributed by atoms with Crippen molar-refractivity contribution in [2.75, 3.05) is 47.8 Å². The van der Waals surface area contributed by atoms with Gasteiger partial charge in [0.2, 0.25) is 0 Å². The Morgan fingerprint density at radius 2 is 1.63 bits per heavy atom. The molecular weight excluding hydrogens is 504 g/mol. The van der Waals surface area contributed by atoms with Crippen molar-refractivity contribution in [1.82, 2.24) is 4.98 Å². The van der Waals surface area contributed by atoms with E-state index in [1.165, 1.54) is 12.1 Å². The molecule has 1 saturated heterocycles. The number of piperazine rings is 1. The van der Waals surface area contributed by atoms with Crippen molar-refractivity contribution in [3.05, 3.63) is 83.9 Å². The van der Waals surface area contributed by atoms with Crippen LogP contribution in [0.1, 0.15) is 15.9 Å². The third kappa shape index (κ3) is 4.95. The van der Waals surface area contributed by atoms with Gasteiger partial charge in [-0.25, -0.2) is 18.2 Å². The van der Waals surface area contributed by atoms with E-state index in [0.717, 1.165) is 24.5 Å². The molecule has 0 bridgehead atoms. The van der Waals surface area contributed by atoms with E-state index in [1.54, 1.807) is 50.4 Å². The number of para-hydroxylation sites is 2. The van der Waals surface area contributed by atoms with Gasteiger partial charge in [0, 0.05) is 37.3 Å². The number of anilines is 3. The van der Waals surface area contributed by atoms with Gasteiger partial charge in [-0.15, -0.1) is 0 Å². The fourth-order valence-electron chi connectivity index (χ4n) is 4.75. The van der Waals surface area contributed by atoms with E-state index in [0.29, 0.717) is 35.4 Å². The second kappa shape index (κ2) is 10.2. The zero-order valence-corrected chi connectivity index (χ0v) is 21.9. The maximum Gasteiger partial charge on any atom is 0.336 e. The number of aromatic carboxylic acids is 1. The second-order valence-corrected chi connectivity index (χ2v) is 10.7. The van der Waals surface area contributed by atoms with Crippen molar-refractivity contribution in [1.29, 1.82) is 0 Å². The molecule has 2 heterocycles. The molecular formula is C28H28N4O5S. The predicted octanol–water partition coefficient (Wildman–Crippen LogP) is 4.38. The predicted molar refractivity (Wildman–Crippen MR) is 148 cm³/mol. The Bertz CT molecular complexity index is 1620. The van der Waals surface area contributed by atoms with Crippen LogP contribution in [0, 0.1) is 6.92 Å². The molecule has 0 unspecified atom stereocenters. The third-order valence-corrected chi connectivity index (χ3v) is 8.23. The van der Waals surface area contributed by atoms with E-state index in [-0.39, 0.29) is 16.1 Å². The van der Waals surface area contributed by atoms with Crippen LogP contribution in [0.2, 0.25) is 0 Å². The van der Waals surface area contributed by atoms with Gasteiger partial charge in [-0.05, 0) is 55.0 Å². The van der Waals surface area contributed by atoms with Crippen LogP contribution in [0.4, 0.5) is 17.2 Å². The molecule has 0 atom stereocenters. The number of carboxylic acid groups (broad SMARTS) is 1. The molecule has 0 radical (unpaired) electrons. The highest BCUT2D eigenvalue weighted by Crippen LogP contribution is 2.31. The number of benzene rings is 3. The molecule has 4 aromatic rings. The lowest BCUT2D eigenvalue weighted by Crippen LogP contribution is -2.47. The summed E-state index contributed by atoms with van der Waals surface area (Å²) in [5.41, 5.74) is 2.44. The van der Waals surface area contributed by atoms with Gasteiger partial charge in [-0.3, -0.25) is 4.72 Å². The number of hydrogen-bond acceptors (Lipinski definition) is 7. The number of methoxy groups -OCH3 is 1. The first-order valence-corrected chi connectivity index (χ1v) is 13.6. The summed E-state index contributed by atoms with van der Waals surface area (Å²) in [6, 6.07) is 20.9. The Kier molecular flexibility index (Phi) is 6.81. The van der Waals surface area contributed by atoms with Crippen molar-refractivity contribution in [3.63, 3.8) is 0 Å². The number of aromatic nitrogens is 1. The van der Waals surface area contributed by atoms with E-state index in [9.17, 15) is 18.3 Å². The SMILES string of the molecule is COc1ccccc1N1CCN(c2cc(C(=O)O)c3cc(NS(=O)(=O)c4ccccc4C)ccc3n2)CC1. The van der Waals surface area contributed by atoms with Gasteiger partial charge in [0.1, 0.15) is 11.6 Å². The molecule has 0 spiro atoms. The van der Waals surface area contributed by atoms with Gasteiger partial charge in [-0.2, -0.15) is 0 Å². The molecule has 0 amide bonds. The summed E-state index contributed by atoms with van der Waals surface area (Å²) in [5.74, 6) is 0.278. The van der Waals surface area contributed by atoms with Crippen LogP contribution in [0.5, 0.6) is 5.75 Å². The standard InChI is InChI=1S/C28H28N4O5S/c1-19-7-3-6-10-26(19)38(35,36)30-20-11-12-23-21(17-20)22(28(33)34)18-27(29-23)32-15-13-31(14-16-32)24-8-4-5-9-25(24)37-2/h3-12,17-18,30H,13-16H2,1-2H3,(H,33,34). The molecule has 1 aliphatic heterocycles. The monoisotopic (exact) mass is 532 g/mol. The Labute approximate surface area is 221 Å². The smallest absolute Gasteiger partial charge is 0.336 e. The zero-order chi connectivity index (χ0) is 26.9. The highest BCUT2D eigenvalue weighted by molar-refractivity contribution is 7.92. The number of aryl methyl sites for hydroxylation is 1. The number of ether oxygens (including phenoxy) is 1. The van der Waals surface area contributed by atoms with Crippen LogP contribution in [-0.4, -0.2) is 57.8 Å². The Balaban J connectivity index is 1.41. The number of pyridine rings is 1. The fourth-order valence-corrected chi connectivity index (χ4v) is 6.05. The van der Waals surface area contributed by atoms with Gasteiger partial charge in [-0.1, -0.05) is 30.3 Å². The first kappa shape index (κ1) is 25.3. The summed E-state index contributed by atoms with van der Waals surface area (Å²) in [6.45, 7) is 4.48. The van der Waals surface area contributed by atoms with Gasteiger partial charge < -0.3 is 19.6 Å². The molecule has 1 aliphatic rings. The summed E-state index contributed by atoms with van der Waals surface area (Å²) < 4.78 is 34.0. The molecule has 196 valence electrons. The topological polar surface area (TPSA) is 112 Å². The molecule has 1 fully saturated rings. The Hall–Kier alpha value is -4.31. The van der Waals surface area contributed by atoms with Crippen LogP contribution >= 0.6 is 0 Å². The van der Waals surface area contributed by atoms with Crippen molar-refractivity contribution < 1.29 is 23.1 Å². The average molecular weight is 533 g/mol. The lowest BCUT2D eigenvalue weighted by molar-refractivity contribution is 0.0699. The van der Waals surface area contributed by atoms with Crippen LogP contribution in [0.3, 0.4) is 0 Å². The van der Waals surface area contributed by atoms with E-state index in [4.69, 9.17) is 9.72 Å². The number of sulfonamides is 1. The number of nitrogens with one attached hydrogen (secondary N) is 1. The number of hydrogen-bond donors (Lipinski definition) is 2. The molecule has 3 aromatic carbocycles. The van der Waals surface area contributed by atoms with E-state index in [2.05, 4.69) is 14.5 Å². The average Bonchev–Trinajstić information content (AvgIpc) is 2.92. The normalized spacial score (nSPS) is 13.9. The largest absolute Gasteiger partial charge is 0.495 e. The second-order valence-electron chi connectivity index (χ2n) is 9.08. The van der Waals surface area contributed by atoms with Crippen molar-refractivity contribution >= 4 is 44.1 Å². The third-order valence-electron chi connectivity index (χ3n) is 6.69. The number of carbonyl (C=O) groups is 1. The quantitative estimate of drug-likeness (QED) is 0.361. The molecule has 0 saturated carbocycles. The maximum atomic E-state index is 12.9. The summed E-state index contributed by atoms with van der Waals surface area (Å²) >= 11 is 0. The summed E-state index contributed by atoms with van der Waals surface area (Å²) in [6.07, 6.45) is 0. The number of nitrogens with zero attached hydrogens (tertiary/aromatic N) is 3. The first-order valence-electron chi connectivity index (χ1n) is 12.2. The van der Waals surface area contributed by atoms with E-state index >= 15 is 0 Å². The van der Waals surface area contributed by atoms with Crippen molar-refractivity contribution in [2.45, 2.75) is 11.8 Å². The molecule has 0 aliphatic carbocycles. The van der Waals surface area contributed by atoms with Crippen molar-refractivity contribution in [2.24, 2.45) is 0 Å². The first-order chi connectivity index (χ1) is 18.3. The number of fused-ring (bicyclic) bond motifs is 1. The van der Waals surface area contributed by atoms with Crippen LogP contribution < -0.4 is 19.3 Å². The maximum absolute atomic E-state index is 12.9. The van der Waals surface area contributed by atoms with Gasteiger partial charge in [0.15, 0.2) is 0 Å². The van der Waals surface area contributed by atoms with E-state index < -0.39 is 16.0 Å². The molecule has 5 rings (SSSR count). The molecule has 2 N–H and O–H groups in total. The molecule has 10 heteroatoms. The number of carboxylic acids is 1. The Morgan fingerprint density at radius 1 is 0.947 bits per heavy atom. The van der Waals surface area contributed by atoms with Crippen LogP contribution in [-0.2, 0) is 10.0 Å².